The summed E-state index contributed by atoms with van der Waals surface area (Å²) in [5.41, 5.74) is 0.125. The highest BCUT2D eigenvalue weighted by Gasteiger charge is 2.36. The van der Waals surface area contributed by atoms with Crippen molar-refractivity contribution in [1.82, 2.24) is 4.98 Å². The second kappa shape index (κ2) is 7.94. The lowest BCUT2D eigenvalue weighted by atomic mass is 10.1. The monoisotopic (exact) mass is 436 g/mol. The van der Waals surface area contributed by atoms with Gasteiger partial charge in [-0.15, -0.1) is 11.3 Å². The number of ether oxygens (including phenoxy) is 2. The highest BCUT2D eigenvalue weighted by molar-refractivity contribution is 7.18. The van der Waals surface area contributed by atoms with Crippen molar-refractivity contribution < 1.29 is 32.2 Å². The van der Waals surface area contributed by atoms with Gasteiger partial charge in [-0.2, -0.15) is 0 Å². The van der Waals surface area contributed by atoms with Crippen molar-refractivity contribution in [2.45, 2.75) is 26.0 Å². The minimum absolute atomic E-state index is 0.127. The molecule has 156 valence electrons. The molecule has 1 unspecified atom stereocenters. The molecule has 0 aliphatic carbocycles. The molecule has 1 aliphatic heterocycles. The smallest absolute Gasteiger partial charge is 0.310 e. The van der Waals surface area contributed by atoms with Crippen LogP contribution in [-0.2, 0) is 20.9 Å². The van der Waals surface area contributed by atoms with Gasteiger partial charge in [-0.3, -0.25) is 14.5 Å². The third-order valence-corrected chi connectivity index (χ3v) is 5.51. The maximum Gasteiger partial charge on any atom is 0.310 e. The van der Waals surface area contributed by atoms with E-state index in [4.69, 9.17) is 9.47 Å². The Morgan fingerprint density at radius 1 is 1.27 bits per heavy atom. The maximum atomic E-state index is 14.0. The zero-order chi connectivity index (χ0) is 21.4. The minimum Gasteiger partial charge on any atom is -0.478 e. The van der Waals surface area contributed by atoms with E-state index in [0.29, 0.717) is 17.5 Å². The lowest BCUT2D eigenvalue weighted by Crippen LogP contribution is -2.46. The van der Waals surface area contributed by atoms with E-state index in [2.05, 4.69) is 4.98 Å². The van der Waals surface area contributed by atoms with Gasteiger partial charge in [0.15, 0.2) is 23.6 Å². The van der Waals surface area contributed by atoms with Gasteiger partial charge in [0.1, 0.15) is 16.3 Å². The van der Waals surface area contributed by atoms with Crippen molar-refractivity contribution in [3.63, 3.8) is 0 Å². The number of aromatic nitrogens is 1. The van der Waals surface area contributed by atoms with Gasteiger partial charge in [-0.1, -0.05) is 12.1 Å². The number of esters is 1. The zero-order valence-corrected chi connectivity index (χ0v) is 16.5. The molecular formula is C20H15F3N2O4S. The van der Waals surface area contributed by atoms with Crippen LogP contribution in [0, 0.1) is 17.5 Å². The summed E-state index contributed by atoms with van der Waals surface area (Å²) in [6.07, 6.45) is -1.40. The number of rotatable bonds is 5. The number of carbonyl (C=O) groups is 2. The Hall–Kier alpha value is -3.14. The van der Waals surface area contributed by atoms with Crippen molar-refractivity contribution in [3.8, 4) is 5.75 Å². The van der Waals surface area contributed by atoms with Crippen LogP contribution in [-0.4, -0.2) is 29.6 Å². The zero-order valence-electron chi connectivity index (χ0n) is 15.7. The SMILES string of the molecule is CCOC(=O)CC1Oc2ccccc2N(Cc2nc3c(F)cc(F)c(F)c3s2)C1=O. The van der Waals surface area contributed by atoms with Gasteiger partial charge in [0.05, 0.1) is 30.0 Å². The molecule has 0 saturated carbocycles. The van der Waals surface area contributed by atoms with Crippen molar-refractivity contribution >= 4 is 39.1 Å². The number of hydrogen-bond donors (Lipinski definition) is 0. The Morgan fingerprint density at radius 3 is 2.80 bits per heavy atom. The lowest BCUT2D eigenvalue weighted by Gasteiger charge is -2.33. The van der Waals surface area contributed by atoms with Crippen LogP contribution >= 0.6 is 11.3 Å². The number of benzene rings is 2. The van der Waals surface area contributed by atoms with Crippen LogP contribution in [0.4, 0.5) is 18.9 Å². The fourth-order valence-electron chi connectivity index (χ4n) is 3.17. The number of para-hydroxylation sites is 2. The van der Waals surface area contributed by atoms with Crippen LogP contribution in [0.2, 0.25) is 0 Å². The molecule has 6 nitrogen and oxygen atoms in total. The van der Waals surface area contributed by atoms with Crippen molar-refractivity contribution in [2.75, 3.05) is 11.5 Å². The molecule has 1 aromatic heterocycles. The first kappa shape index (κ1) is 20.1. The molecule has 1 atom stereocenters. The summed E-state index contributed by atoms with van der Waals surface area (Å²) in [7, 11) is 0. The van der Waals surface area contributed by atoms with Gasteiger partial charge in [0.25, 0.3) is 5.91 Å². The van der Waals surface area contributed by atoms with E-state index >= 15 is 0 Å². The highest BCUT2D eigenvalue weighted by atomic mass is 32.1. The van der Waals surface area contributed by atoms with Gasteiger partial charge in [-0.05, 0) is 19.1 Å². The van der Waals surface area contributed by atoms with E-state index < -0.39 is 35.4 Å². The second-order valence-electron chi connectivity index (χ2n) is 6.45. The Bertz CT molecular complexity index is 1150. The average Bonchev–Trinajstić information content (AvgIpc) is 3.14. The predicted molar refractivity (Wildman–Crippen MR) is 103 cm³/mol. The summed E-state index contributed by atoms with van der Waals surface area (Å²) in [4.78, 5) is 30.2. The number of nitrogens with zero attached hydrogens (tertiary/aromatic N) is 2. The van der Waals surface area contributed by atoms with Gasteiger partial charge in [0, 0.05) is 6.07 Å². The van der Waals surface area contributed by atoms with E-state index in [1.54, 1.807) is 31.2 Å². The molecule has 0 N–H and O–H groups in total. The lowest BCUT2D eigenvalue weighted by molar-refractivity contribution is -0.147. The quantitative estimate of drug-likeness (QED) is 0.447. The Balaban J connectivity index is 1.69. The summed E-state index contributed by atoms with van der Waals surface area (Å²) in [6.45, 7) is 1.69. The first-order valence-corrected chi connectivity index (χ1v) is 9.86. The van der Waals surface area contributed by atoms with E-state index in [0.717, 1.165) is 11.3 Å². The van der Waals surface area contributed by atoms with Crippen LogP contribution in [0.5, 0.6) is 5.75 Å². The Morgan fingerprint density at radius 2 is 2.03 bits per heavy atom. The predicted octanol–water partition coefficient (Wildman–Crippen LogP) is 3.96. The topological polar surface area (TPSA) is 68.7 Å². The van der Waals surface area contributed by atoms with Crippen LogP contribution in [0.1, 0.15) is 18.4 Å². The minimum atomic E-state index is -1.31. The van der Waals surface area contributed by atoms with E-state index in [1.165, 1.54) is 4.90 Å². The third-order valence-electron chi connectivity index (χ3n) is 4.48. The fraction of sp³-hybridized carbons (Fsp3) is 0.250. The summed E-state index contributed by atoms with van der Waals surface area (Å²) in [6, 6.07) is 7.12. The molecular weight excluding hydrogens is 421 g/mol. The average molecular weight is 436 g/mol. The number of hydrogen-bond acceptors (Lipinski definition) is 6. The second-order valence-corrected chi connectivity index (χ2v) is 7.53. The number of amides is 1. The number of fused-ring (bicyclic) bond motifs is 2. The molecule has 0 saturated heterocycles. The molecule has 0 radical (unpaired) electrons. The molecule has 0 spiro atoms. The molecule has 10 heteroatoms. The molecule has 30 heavy (non-hydrogen) atoms. The first-order chi connectivity index (χ1) is 14.4. The summed E-state index contributed by atoms with van der Waals surface area (Å²) in [5, 5.41) is 0.202. The standard InChI is InChI=1S/C20H15F3N2O4S/c1-2-28-16(26)8-14-20(27)25(12-5-3-4-6-13(12)29-14)9-15-24-18-11(22)7-10(21)17(23)19(18)30-15/h3-7,14H,2,8-9H2,1H3. The first-order valence-electron chi connectivity index (χ1n) is 9.04. The molecule has 2 heterocycles. The summed E-state index contributed by atoms with van der Waals surface area (Å²) in [5.74, 6) is -4.22. The van der Waals surface area contributed by atoms with Gasteiger partial charge in [0.2, 0.25) is 0 Å². The van der Waals surface area contributed by atoms with E-state index in [1.807, 2.05) is 0 Å². The summed E-state index contributed by atoms with van der Waals surface area (Å²) < 4.78 is 51.8. The molecule has 1 aliphatic rings. The third kappa shape index (κ3) is 3.58. The van der Waals surface area contributed by atoms with Gasteiger partial charge < -0.3 is 9.47 Å². The fourth-order valence-corrected chi connectivity index (χ4v) is 4.16. The highest BCUT2D eigenvalue weighted by Crippen LogP contribution is 2.37. The van der Waals surface area contributed by atoms with E-state index in [-0.39, 0.29) is 34.8 Å². The molecule has 2 aromatic carbocycles. The van der Waals surface area contributed by atoms with Crippen molar-refractivity contribution in [3.05, 3.63) is 52.8 Å². The number of thiazole rings is 1. The van der Waals surface area contributed by atoms with Crippen LogP contribution in [0.15, 0.2) is 30.3 Å². The molecule has 0 bridgehead atoms. The van der Waals surface area contributed by atoms with Gasteiger partial charge >= 0.3 is 5.97 Å². The number of anilines is 1. The molecule has 1 amide bonds. The summed E-state index contributed by atoms with van der Waals surface area (Å²) >= 11 is 0.753. The van der Waals surface area contributed by atoms with Gasteiger partial charge in [-0.25, -0.2) is 18.2 Å². The van der Waals surface area contributed by atoms with Crippen molar-refractivity contribution in [1.29, 1.82) is 0 Å². The van der Waals surface area contributed by atoms with Crippen LogP contribution < -0.4 is 9.64 Å². The molecule has 4 rings (SSSR count). The largest absolute Gasteiger partial charge is 0.478 e. The molecule has 0 fully saturated rings. The Kier molecular flexibility index (Phi) is 5.33. The van der Waals surface area contributed by atoms with Crippen LogP contribution in [0.3, 0.4) is 0 Å². The normalized spacial score (nSPS) is 15.8. The maximum absolute atomic E-state index is 14.0. The van der Waals surface area contributed by atoms with Crippen LogP contribution in [0.25, 0.3) is 10.2 Å². The Labute approximate surface area is 172 Å². The van der Waals surface area contributed by atoms with Crippen molar-refractivity contribution in [2.24, 2.45) is 0 Å². The molecule has 3 aromatic rings. The number of halogens is 3. The number of carbonyl (C=O) groups excluding carboxylic acids is 2. The van der Waals surface area contributed by atoms with E-state index in [9.17, 15) is 22.8 Å².